The summed E-state index contributed by atoms with van der Waals surface area (Å²) in [5, 5.41) is 4.51. The summed E-state index contributed by atoms with van der Waals surface area (Å²) in [7, 11) is 0. The Labute approximate surface area is 125 Å². The van der Waals surface area contributed by atoms with Crippen LogP contribution in [-0.4, -0.2) is 9.78 Å². The van der Waals surface area contributed by atoms with Crippen LogP contribution in [0.15, 0.2) is 59.1 Å². The maximum Gasteiger partial charge on any atom is 0.124 e. The predicted molar refractivity (Wildman–Crippen MR) is 81.4 cm³/mol. The normalized spacial score (nSPS) is 10.8. The van der Waals surface area contributed by atoms with Gasteiger partial charge in [0.05, 0.1) is 17.1 Å². The lowest BCUT2D eigenvalue weighted by atomic mass is 10.1. The minimum atomic E-state index is -0.272. The Kier molecular flexibility index (Phi) is 3.40. The molecule has 1 heterocycles. The van der Waals surface area contributed by atoms with E-state index in [0.29, 0.717) is 4.47 Å². The fraction of sp³-hybridized carbons (Fsp3) is 0.0625. The molecule has 0 bridgehead atoms. The summed E-state index contributed by atoms with van der Waals surface area (Å²) in [6.07, 6.45) is 0. The summed E-state index contributed by atoms with van der Waals surface area (Å²) in [4.78, 5) is 0. The first-order valence-corrected chi connectivity index (χ1v) is 7.02. The second-order valence-electron chi connectivity index (χ2n) is 4.54. The van der Waals surface area contributed by atoms with Gasteiger partial charge in [0.1, 0.15) is 5.82 Å². The minimum absolute atomic E-state index is 0.272. The lowest BCUT2D eigenvalue weighted by Crippen LogP contribution is -2.00. The van der Waals surface area contributed by atoms with E-state index in [2.05, 4.69) is 21.0 Å². The van der Waals surface area contributed by atoms with Crippen molar-refractivity contribution in [3.05, 3.63) is 70.6 Å². The molecular weight excluding hydrogens is 319 g/mol. The maximum atomic E-state index is 13.2. The van der Waals surface area contributed by atoms with Crippen LogP contribution in [0.25, 0.3) is 16.9 Å². The van der Waals surface area contributed by atoms with E-state index >= 15 is 0 Å². The summed E-state index contributed by atoms with van der Waals surface area (Å²) in [5.41, 5.74) is 3.79. The van der Waals surface area contributed by atoms with Gasteiger partial charge >= 0.3 is 0 Å². The molecule has 0 aliphatic rings. The van der Waals surface area contributed by atoms with Crippen LogP contribution in [0.5, 0.6) is 0 Å². The van der Waals surface area contributed by atoms with E-state index in [-0.39, 0.29) is 5.82 Å². The van der Waals surface area contributed by atoms with Crippen LogP contribution in [0.2, 0.25) is 0 Å². The molecule has 2 aromatic carbocycles. The molecule has 100 valence electrons. The van der Waals surface area contributed by atoms with Crippen molar-refractivity contribution < 1.29 is 4.39 Å². The van der Waals surface area contributed by atoms with Crippen molar-refractivity contribution in [2.24, 2.45) is 0 Å². The SMILES string of the molecule is Cc1cc(-c2ccccc2)n(-c2ccc(F)cc2Br)n1. The van der Waals surface area contributed by atoms with Crippen LogP contribution in [0, 0.1) is 12.7 Å². The van der Waals surface area contributed by atoms with Crippen molar-refractivity contribution in [3.63, 3.8) is 0 Å². The second-order valence-corrected chi connectivity index (χ2v) is 5.40. The molecule has 0 amide bonds. The van der Waals surface area contributed by atoms with Gasteiger partial charge in [0.2, 0.25) is 0 Å². The Morgan fingerprint density at radius 2 is 1.80 bits per heavy atom. The Balaban J connectivity index is 2.20. The van der Waals surface area contributed by atoms with E-state index in [0.717, 1.165) is 22.6 Å². The van der Waals surface area contributed by atoms with E-state index in [1.54, 1.807) is 6.07 Å². The fourth-order valence-corrected chi connectivity index (χ4v) is 2.67. The van der Waals surface area contributed by atoms with Gasteiger partial charge in [-0.15, -0.1) is 0 Å². The van der Waals surface area contributed by atoms with Gasteiger partial charge in [-0.3, -0.25) is 0 Å². The number of rotatable bonds is 2. The van der Waals surface area contributed by atoms with Crippen molar-refractivity contribution in [2.75, 3.05) is 0 Å². The first-order chi connectivity index (χ1) is 9.65. The number of aromatic nitrogens is 2. The summed E-state index contributed by atoms with van der Waals surface area (Å²) >= 11 is 3.40. The number of hydrogen-bond acceptors (Lipinski definition) is 1. The van der Waals surface area contributed by atoms with Crippen LogP contribution < -0.4 is 0 Å². The lowest BCUT2D eigenvalue weighted by Gasteiger charge is -2.09. The molecule has 0 saturated heterocycles. The molecule has 0 N–H and O–H groups in total. The monoisotopic (exact) mass is 330 g/mol. The third-order valence-electron chi connectivity index (χ3n) is 3.04. The molecule has 0 fully saturated rings. The molecule has 3 rings (SSSR count). The molecule has 0 atom stereocenters. The molecule has 0 aliphatic carbocycles. The maximum absolute atomic E-state index is 13.2. The van der Waals surface area contributed by atoms with Gasteiger partial charge in [-0.1, -0.05) is 30.3 Å². The number of hydrogen-bond donors (Lipinski definition) is 0. The molecule has 0 spiro atoms. The molecule has 20 heavy (non-hydrogen) atoms. The number of aryl methyl sites for hydroxylation is 1. The van der Waals surface area contributed by atoms with Crippen LogP contribution >= 0.6 is 15.9 Å². The highest BCUT2D eigenvalue weighted by atomic mass is 79.9. The third kappa shape index (κ3) is 2.39. The Hall–Kier alpha value is -1.94. The van der Waals surface area contributed by atoms with Gasteiger partial charge in [-0.2, -0.15) is 5.10 Å². The zero-order valence-corrected chi connectivity index (χ0v) is 12.4. The first-order valence-electron chi connectivity index (χ1n) is 6.22. The lowest BCUT2D eigenvalue weighted by molar-refractivity contribution is 0.626. The Morgan fingerprint density at radius 3 is 2.50 bits per heavy atom. The van der Waals surface area contributed by atoms with Crippen LogP contribution in [0.3, 0.4) is 0 Å². The molecule has 0 unspecified atom stereocenters. The molecule has 3 aromatic rings. The van der Waals surface area contributed by atoms with Gasteiger partial charge in [0.25, 0.3) is 0 Å². The van der Waals surface area contributed by atoms with E-state index in [1.807, 2.05) is 48.0 Å². The number of nitrogens with zero attached hydrogens (tertiary/aromatic N) is 2. The largest absolute Gasteiger partial charge is 0.232 e. The first kappa shape index (κ1) is 13.1. The van der Waals surface area contributed by atoms with Crippen LogP contribution in [0.4, 0.5) is 4.39 Å². The average molecular weight is 331 g/mol. The molecule has 0 saturated carbocycles. The fourth-order valence-electron chi connectivity index (χ4n) is 2.15. The molecule has 1 aromatic heterocycles. The van der Waals surface area contributed by atoms with E-state index in [1.165, 1.54) is 12.1 Å². The van der Waals surface area contributed by atoms with Gasteiger partial charge in [-0.05, 0) is 47.1 Å². The molecule has 0 radical (unpaired) electrons. The quantitative estimate of drug-likeness (QED) is 0.663. The highest BCUT2D eigenvalue weighted by Crippen LogP contribution is 2.28. The minimum Gasteiger partial charge on any atom is -0.232 e. The molecular formula is C16H12BrFN2. The standard InChI is InChI=1S/C16H12BrFN2/c1-11-9-16(12-5-3-2-4-6-12)20(19-11)15-8-7-13(18)10-14(15)17/h2-10H,1H3. The molecule has 4 heteroatoms. The highest BCUT2D eigenvalue weighted by Gasteiger charge is 2.12. The van der Waals surface area contributed by atoms with Gasteiger partial charge in [-0.25, -0.2) is 9.07 Å². The summed E-state index contributed by atoms with van der Waals surface area (Å²) in [5.74, 6) is -0.272. The second kappa shape index (κ2) is 5.21. The van der Waals surface area contributed by atoms with Crippen molar-refractivity contribution in [1.82, 2.24) is 9.78 Å². The third-order valence-corrected chi connectivity index (χ3v) is 3.67. The predicted octanol–water partition coefficient (Wildman–Crippen LogP) is 4.75. The van der Waals surface area contributed by atoms with Gasteiger partial charge in [0, 0.05) is 10.0 Å². The molecule has 0 aliphatic heterocycles. The van der Waals surface area contributed by atoms with Crippen molar-refractivity contribution in [1.29, 1.82) is 0 Å². The summed E-state index contributed by atoms with van der Waals surface area (Å²) in [6.45, 7) is 1.94. The number of benzene rings is 2. The Bertz CT molecular complexity index is 750. The van der Waals surface area contributed by atoms with Gasteiger partial charge in [0.15, 0.2) is 0 Å². The van der Waals surface area contributed by atoms with E-state index < -0.39 is 0 Å². The Morgan fingerprint density at radius 1 is 1.05 bits per heavy atom. The van der Waals surface area contributed by atoms with Crippen molar-refractivity contribution >= 4 is 15.9 Å². The van der Waals surface area contributed by atoms with E-state index in [9.17, 15) is 4.39 Å². The topological polar surface area (TPSA) is 17.8 Å². The summed E-state index contributed by atoms with van der Waals surface area (Å²) in [6, 6.07) is 16.6. The summed E-state index contributed by atoms with van der Waals surface area (Å²) < 4.78 is 15.7. The smallest absolute Gasteiger partial charge is 0.124 e. The van der Waals surface area contributed by atoms with Crippen LogP contribution in [-0.2, 0) is 0 Å². The van der Waals surface area contributed by atoms with Crippen LogP contribution in [0.1, 0.15) is 5.69 Å². The van der Waals surface area contributed by atoms with Crippen molar-refractivity contribution in [2.45, 2.75) is 6.92 Å². The zero-order valence-electron chi connectivity index (χ0n) is 10.8. The average Bonchev–Trinajstić information content (AvgIpc) is 2.81. The van der Waals surface area contributed by atoms with Gasteiger partial charge < -0.3 is 0 Å². The molecule has 2 nitrogen and oxygen atoms in total. The van der Waals surface area contributed by atoms with E-state index in [4.69, 9.17) is 0 Å². The number of halogens is 2. The highest BCUT2D eigenvalue weighted by molar-refractivity contribution is 9.10. The van der Waals surface area contributed by atoms with Crippen molar-refractivity contribution in [3.8, 4) is 16.9 Å². The zero-order chi connectivity index (χ0) is 14.1.